The third-order valence-corrected chi connectivity index (χ3v) is 5.08. The smallest absolute Gasteiger partial charge is 0.229 e. The minimum absolute atomic E-state index is 0.0399. The number of nitriles is 1. The van der Waals surface area contributed by atoms with Crippen LogP contribution >= 0.6 is 23.2 Å². The molecule has 0 spiro atoms. The van der Waals surface area contributed by atoms with Gasteiger partial charge in [-0.25, -0.2) is 4.68 Å². The third-order valence-electron chi connectivity index (χ3n) is 4.50. The van der Waals surface area contributed by atoms with Crippen LogP contribution in [0, 0.1) is 18.3 Å². The highest BCUT2D eigenvalue weighted by molar-refractivity contribution is 6.31. The number of rotatable bonds is 2. The van der Waals surface area contributed by atoms with Gasteiger partial charge in [-0.15, -0.1) is 0 Å². The zero-order chi connectivity index (χ0) is 19.1. The number of allylic oxidation sites excluding steroid dienone is 1. The number of ether oxygens (including phenoxy) is 1. The Morgan fingerprint density at radius 1 is 1.19 bits per heavy atom. The highest BCUT2D eigenvalue weighted by Gasteiger charge is 2.36. The number of hydrogen-bond donors (Lipinski definition) is 1. The van der Waals surface area contributed by atoms with Gasteiger partial charge in [-0.3, -0.25) is 0 Å². The van der Waals surface area contributed by atoms with Crippen molar-refractivity contribution in [2.75, 3.05) is 0 Å². The van der Waals surface area contributed by atoms with E-state index >= 15 is 0 Å². The molecule has 2 aromatic carbocycles. The normalized spacial score (nSPS) is 15.9. The van der Waals surface area contributed by atoms with Crippen LogP contribution in [0.5, 0.6) is 5.88 Å². The number of hydrogen-bond acceptors (Lipinski definition) is 4. The second-order valence-electron chi connectivity index (χ2n) is 6.14. The monoisotopic (exact) mass is 396 g/mol. The van der Waals surface area contributed by atoms with Crippen molar-refractivity contribution in [2.24, 2.45) is 5.73 Å². The standard InChI is InChI=1S/C20H14Cl2N4O/c1-11-17-18(14-7-2-3-8-16(14)22)15(10-23)19(24)27-20(17)26(25-11)13-6-4-5-12(21)9-13/h2-9,18H,24H2,1H3/t18-/m1/s1. The van der Waals surface area contributed by atoms with Crippen molar-refractivity contribution in [3.8, 4) is 17.6 Å². The van der Waals surface area contributed by atoms with E-state index < -0.39 is 5.92 Å². The second kappa shape index (κ2) is 6.66. The molecular weight excluding hydrogens is 383 g/mol. The first kappa shape index (κ1) is 17.5. The van der Waals surface area contributed by atoms with Gasteiger partial charge in [0.15, 0.2) is 0 Å². The van der Waals surface area contributed by atoms with E-state index in [9.17, 15) is 5.26 Å². The zero-order valence-electron chi connectivity index (χ0n) is 14.3. The minimum Gasteiger partial charge on any atom is -0.422 e. The summed E-state index contributed by atoms with van der Waals surface area (Å²) in [5.74, 6) is 0.0367. The number of aryl methyl sites for hydroxylation is 1. The van der Waals surface area contributed by atoms with Crippen LogP contribution in [-0.4, -0.2) is 9.78 Å². The molecule has 1 aliphatic rings. The van der Waals surface area contributed by atoms with Crippen molar-refractivity contribution in [1.82, 2.24) is 9.78 Å². The molecule has 27 heavy (non-hydrogen) atoms. The van der Waals surface area contributed by atoms with Crippen LogP contribution in [0.15, 0.2) is 60.0 Å². The summed E-state index contributed by atoms with van der Waals surface area (Å²) in [6.45, 7) is 1.86. The topological polar surface area (TPSA) is 76.9 Å². The van der Waals surface area contributed by atoms with E-state index in [0.717, 1.165) is 22.5 Å². The molecule has 4 rings (SSSR count). The molecule has 1 atom stereocenters. The lowest BCUT2D eigenvalue weighted by atomic mass is 9.84. The van der Waals surface area contributed by atoms with Gasteiger partial charge < -0.3 is 10.5 Å². The van der Waals surface area contributed by atoms with E-state index in [2.05, 4.69) is 11.2 Å². The minimum atomic E-state index is -0.458. The zero-order valence-corrected chi connectivity index (χ0v) is 15.8. The fourth-order valence-corrected chi connectivity index (χ4v) is 3.75. The van der Waals surface area contributed by atoms with Crippen LogP contribution in [0.25, 0.3) is 5.69 Å². The Kier molecular flexibility index (Phi) is 4.31. The van der Waals surface area contributed by atoms with E-state index in [4.69, 9.17) is 33.7 Å². The van der Waals surface area contributed by atoms with Crippen molar-refractivity contribution in [3.05, 3.63) is 86.9 Å². The summed E-state index contributed by atoms with van der Waals surface area (Å²) >= 11 is 12.6. The Labute approximate surface area is 166 Å². The Balaban J connectivity index is 1.99. The molecule has 0 fully saturated rings. The Morgan fingerprint density at radius 2 is 1.96 bits per heavy atom. The van der Waals surface area contributed by atoms with Crippen LogP contribution in [0.1, 0.15) is 22.7 Å². The summed E-state index contributed by atoms with van der Waals surface area (Å²) in [6.07, 6.45) is 0. The molecular formula is C20H14Cl2N4O. The maximum Gasteiger partial charge on any atom is 0.229 e. The second-order valence-corrected chi connectivity index (χ2v) is 6.99. The number of nitrogens with zero attached hydrogens (tertiary/aromatic N) is 3. The molecule has 1 aliphatic heterocycles. The molecule has 0 aliphatic carbocycles. The van der Waals surface area contributed by atoms with Crippen molar-refractivity contribution in [1.29, 1.82) is 5.26 Å². The molecule has 0 saturated carbocycles. The highest BCUT2D eigenvalue weighted by Crippen LogP contribution is 2.46. The quantitative estimate of drug-likeness (QED) is 0.680. The molecule has 0 amide bonds. The highest BCUT2D eigenvalue weighted by atomic mass is 35.5. The van der Waals surface area contributed by atoms with Crippen LogP contribution < -0.4 is 10.5 Å². The fraction of sp³-hybridized carbons (Fsp3) is 0.100. The lowest BCUT2D eigenvalue weighted by Crippen LogP contribution is -2.22. The molecule has 7 heteroatoms. The van der Waals surface area contributed by atoms with Gasteiger partial charge in [-0.1, -0.05) is 47.5 Å². The van der Waals surface area contributed by atoms with Crippen molar-refractivity contribution in [2.45, 2.75) is 12.8 Å². The molecule has 0 saturated heterocycles. The molecule has 0 radical (unpaired) electrons. The Morgan fingerprint density at radius 3 is 2.67 bits per heavy atom. The van der Waals surface area contributed by atoms with Crippen LogP contribution in [0.4, 0.5) is 0 Å². The van der Waals surface area contributed by atoms with Gasteiger partial charge in [0, 0.05) is 10.0 Å². The number of benzene rings is 2. The van der Waals surface area contributed by atoms with Crippen LogP contribution in [0.2, 0.25) is 10.0 Å². The third kappa shape index (κ3) is 2.84. The summed E-state index contributed by atoms with van der Waals surface area (Å²) in [6, 6.07) is 16.8. The van der Waals surface area contributed by atoms with E-state index in [1.807, 2.05) is 37.3 Å². The van der Waals surface area contributed by atoms with Crippen molar-refractivity contribution >= 4 is 23.2 Å². The average molecular weight is 397 g/mol. The molecule has 0 unspecified atom stereocenters. The summed E-state index contributed by atoms with van der Waals surface area (Å²) < 4.78 is 7.46. The fourth-order valence-electron chi connectivity index (χ4n) is 3.32. The van der Waals surface area contributed by atoms with Gasteiger partial charge in [0.25, 0.3) is 0 Å². The first-order valence-corrected chi connectivity index (χ1v) is 8.94. The Hall–Kier alpha value is -2.94. The van der Waals surface area contributed by atoms with Gasteiger partial charge >= 0.3 is 0 Å². The molecule has 0 bridgehead atoms. The predicted molar refractivity (Wildman–Crippen MR) is 104 cm³/mol. The number of fused-ring (bicyclic) bond motifs is 1. The lowest BCUT2D eigenvalue weighted by Gasteiger charge is -2.25. The maximum atomic E-state index is 9.71. The summed E-state index contributed by atoms with van der Waals surface area (Å²) in [4.78, 5) is 0. The molecule has 2 N–H and O–H groups in total. The van der Waals surface area contributed by atoms with Crippen molar-refractivity contribution < 1.29 is 4.74 Å². The van der Waals surface area contributed by atoms with Gasteiger partial charge in [-0.05, 0) is 36.8 Å². The average Bonchev–Trinajstić information content (AvgIpc) is 2.97. The van der Waals surface area contributed by atoms with E-state index in [1.54, 1.807) is 22.9 Å². The first-order valence-electron chi connectivity index (χ1n) is 8.18. The SMILES string of the molecule is Cc1nn(-c2cccc(Cl)c2)c2c1[C@H](c1ccccc1Cl)C(C#N)=C(N)O2. The van der Waals surface area contributed by atoms with Crippen LogP contribution in [-0.2, 0) is 0 Å². The summed E-state index contributed by atoms with van der Waals surface area (Å²) in [7, 11) is 0. The van der Waals surface area contributed by atoms with Gasteiger partial charge in [0.1, 0.15) is 11.6 Å². The molecule has 2 heterocycles. The first-order chi connectivity index (χ1) is 13.0. The molecule has 134 valence electrons. The summed E-state index contributed by atoms with van der Waals surface area (Å²) in [5, 5.41) is 15.4. The number of halogens is 2. The van der Waals surface area contributed by atoms with Crippen LogP contribution in [0.3, 0.4) is 0 Å². The molecule has 1 aromatic heterocycles. The van der Waals surface area contributed by atoms with E-state index in [1.165, 1.54) is 0 Å². The van der Waals surface area contributed by atoms with Crippen molar-refractivity contribution in [3.63, 3.8) is 0 Å². The maximum absolute atomic E-state index is 9.71. The van der Waals surface area contributed by atoms with Gasteiger partial charge in [0.05, 0.1) is 22.9 Å². The summed E-state index contributed by atoms with van der Waals surface area (Å²) in [5.41, 5.74) is 9.39. The number of nitrogens with two attached hydrogens (primary N) is 1. The van der Waals surface area contributed by atoms with Gasteiger partial charge in [-0.2, -0.15) is 10.4 Å². The molecule has 3 aromatic rings. The lowest BCUT2D eigenvalue weighted by molar-refractivity contribution is 0.367. The Bertz CT molecular complexity index is 1130. The number of aromatic nitrogens is 2. The molecule has 5 nitrogen and oxygen atoms in total. The van der Waals surface area contributed by atoms with E-state index in [0.29, 0.717) is 21.5 Å². The van der Waals surface area contributed by atoms with E-state index in [-0.39, 0.29) is 5.88 Å². The predicted octanol–water partition coefficient (Wildman–Crippen LogP) is 4.71. The largest absolute Gasteiger partial charge is 0.422 e. The van der Waals surface area contributed by atoms with Gasteiger partial charge in [0.2, 0.25) is 11.8 Å².